The van der Waals surface area contributed by atoms with E-state index >= 15 is 0 Å². The molecule has 2 rings (SSSR count). The van der Waals surface area contributed by atoms with Crippen molar-refractivity contribution in [1.29, 1.82) is 0 Å². The lowest BCUT2D eigenvalue weighted by atomic mass is 10.1. The van der Waals surface area contributed by atoms with Crippen LogP contribution in [0.15, 0.2) is 18.3 Å². The van der Waals surface area contributed by atoms with Gasteiger partial charge in [-0.15, -0.1) is 0 Å². The first kappa shape index (κ1) is 15.3. The third kappa shape index (κ3) is 5.18. The molecule has 0 spiro atoms. The molecule has 19 heavy (non-hydrogen) atoms. The first-order valence-electron chi connectivity index (χ1n) is 5.09. The van der Waals surface area contributed by atoms with E-state index in [9.17, 15) is 17.6 Å². The van der Waals surface area contributed by atoms with Crippen LogP contribution < -0.4 is 5.48 Å². The number of hydroxylamine groups is 1. The van der Waals surface area contributed by atoms with E-state index in [0.717, 1.165) is 12.0 Å². The molecular formula is C10H10F4N2O3. The van der Waals surface area contributed by atoms with E-state index in [-0.39, 0.29) is 6.04 Å². The van der Waals surface area contributed by atoms with Crippen LogP contribution in [-0.2, 0) is 9.63 Å². The Morgan fingerprint density at radius 2 is 2.11 bits per heavy atom. The summed E-state index contributed by atoms with van der Waals surface area (Å²) in [6.45, 7) is 0.696. The van der Waals surface area contributed by atoms with Crippen molar-refractivity contribution in [1.82, 2.24) is 10.5 Å². The predicted octanol–water partition coefficient (Wildman–Crippen LogP) is 1.82. The topological polar surface area (TPSA) is 71.5 Å². The molecule has 1 unspecified atom stereocenters. The standard InChI is InChI=1S/C8H9FN2O.C2HF3O2/c9-8-2-1-6(5-10-8)7-3-4-12-11-7;3-2(4,5)1(6)7/h1-2,5,7,11H,3-4H2;(H,6,7). The third-order valence-electron chi connectivity index (χ3n) is 2.13. The van der Waals surface area contributed by atoms with E-state index in [4.69, 9.17) is 14.7 Å². The Labute approximate surface area is 105 Å². The van der Waals surface area contributed by atoms with Crippen LogP contribution in [-0.4, -0.2) is 28.8 Å². The maximum Gasteiger partial charge on any atom is 0.490 e. The van der Waals surface area contributed by atoms with Gasteiger partial charge in [-0.2, -0.15) is 23.0 Å². The number of carboxylic acid groups (broad SMARTS) is 1. The number of alkyl halides is 3. The molecule has 0 aromatic carbocycles. The Hall–Kier alpha value is -1.74. The summed E-state index contributed by atoms with van der Waals surface area (Å²) in [5.74, 6) is -3.20. The Morgan fingerprint density at radius 1 is 1.47 bits per heavy atom. The van der Waals surface area contributed by atoms with Crippen LogP contribution in [0.1, 0.15) is 18.0 Å². The van der Waals surface area contributed by atoms with Gasteiger partial charge in [0, 0.05) is 6.20 Å². The summed E-state index contributed by atoms with van der Waals surface area (Å²) < 4.78 is 44.1. The van der Waals surface area contributed by atoms with Crippen LogP contribution >= 0.6 is 0 Å². The van der Waals surface area contributed by atoms with Gasteiger partial charge in [-0.05, 0) is 18.1 Å². The average Bonchev–Trinajstić information content (AvgIpc) is 2.83. The summed E-state index contributed by atoms with van der Waals surface area (Å²) in [6.07, 6.45) is -2.64. The zero-order chi connectivity index (χ0) is 14.5. The van der Waals surface area contributed by atoms with Gasteiger partial charge in [0.15, 0.2) is 0 Å². The van der Waals surface area contributed by atoms with E-state index in [0.29, 0.717) is 6.61 Å². The molecule has 1 aromatic rings. The highest BCUT2D eigenvalue weighted by molar-refractivity contribution is 5.73. The molecule has 1 aliphatic rings. The van der Waals surface area contributed by atoms with Gasteiger partial charge in [-0.25, -0.2) is 9.78 Å². The van der Waals surface area contributed by atoms with Crippen LogP contribution in [0, 0.1) is 5.95 Å². The summed E-state index contributed by atoms with van der Waals surface area (Å²) in [7, 11) is 0. The van der Waals surface area contributed by atoms with E-state index < -0.39 is 18.1 Å². The molecule has 1 atom stereocenters. The molecule has 9 heteroatoms. The number of pyridine rings is 1. The molecular weight excluding hydrogens is 272 g/mol. The van der Waals surface area contributed by atoms with Gasteiger partial charge in [0.05, 0.1) is 12.6 Å². The minimum atomic E-state index is -5.08. The maximum absolute atomic E-state index is 12.4. The molecule has 1 saturated heterocycles. The summed E-state index contributed by atoms with van der Waals surface area (Å²) >= 11 is 0. The summed E-state index contributed by atoms with van der Waals surface area (Å²) in [4.78, 5) is 17.4. The number of rotatable bonds is 1. The smallest absolute Gasteiger partial charge is 0.475 e. The van der Waals surface area contributed by atoms with Crippen LogP contribution in [0.4, 0.5) is 17.6 Å². The molecule has 0 bridgehead atoms. The molecule has 5 nitrogen and oxygen atoms in total. The molecule has 1 aromatic heterocycles. The van der Waals surface area contributed by atoms with Crippen molar-refractivity contribution in [2.24, 2.45) is 0 Å². The average molecular weight is 282 g/mol. The Balaban J connectivity index is 0.000000224. The lowest BCUT2D eigenvalue weighted by Gasteiger charge is -2.06. The number of carbonyl (C=O) groups is 1. The van der Waals surface area contributed by atoms with E-state index in [1.807, 2.05) is 0 Å². The van der Waals surface area contributed by atoms with Gasteiger partial charge >= 0.3 is 12.1 Å². The number of halogens is 4. The van der Waals surface area contributed by atoms with Crippen molar-refractivity contribution < 1.29 is 32.3 Å². The lowest BCUT2D eigenvalue weighted by molar-refractivity contribution is -0.192. The SMILES string of the molecule is Fc1ccc(C2CCON2)cn1.O=C(O)C(F)(F)F. The second kappa shape index (κ2) is 6.43. The van der Waals surface area contributed by atoms with Crippen LogP contribution in [0.25, 0.3) is 0 Å². The number of carboxylic acids is 1. The number of aromatic nitrogens is 1. The first-order valence-corrected chi connectivity index (χ1v) is 5.09. The Bertz CT molecular complexity index is 416. The van der Waals surface area contributed by atoms with Crippen molar-refractivity contribution in [2.45, 2.75) is 18.6 Å². The monoisotopic (exact) mass is 282 g/mol. The van der Waals surface area contributed by atoms with Crippen molar-refractivity contribution in [3.05, 3.63) is 29.8 Å². The Morgan fingerprint density at radius 3 is 2.47 bits per heavy atom. The fourth-order valence-corrected chi connectivity index (χ4v) is 1.22. The molecule has 0 aliphatic carbocycles. The molecule has 0 saturated carbocycles. The van der Waals surface area contributed by atoms with E-state index in [1.165, 1.54) is 12.3 Å². The van der Waals surface area contributed by atoms with Gasteiger partial charge in [0.1, 0.15) is 0 Å². The minimum absolute atomic E-state index is 0.165. The van der Waals surface area contributed by atoms with Crippen LogP contribution in [0.3, 0.4) is 0 Å². The Kier molecular flexibility index (Phi) is 5.19. The van der Waals surface area contributed by atoms with Gasteiger partial charge in [-0.1, -0.05) is 6.07 Å². The van der Waals surface area contributed by atoms with Crippen LogP contribution in [0.5, 0.6) is 0 Å². The molecule has 0 amide bonds. The normalized spacial score (nSPS) is 18.6. The zero-order valence-corrected chi connectivity index (χ0v) is 9.45. The molecule has 2 N–H and O–H groups in total. The van der Waals surface area contributed by atoms with E-state index in [2.05, 4.69) is 10.5 Å². The molecule has 0 radical (unpaired) electrons. The van der Waals surface area contributed by atoms with Crippen molar-refractivity contribution in [3.8, 4) is 0 Å². The molecule has 1 fully saturated rings. The minimum Gasteiger partial charge on any atom is -0.475 e. The number of aliphatic carboxylic acids is 1. The van der Waals surface area contributed by atoms with Gasteiger partial charge in [0.25, 0.3) is 0 Å². The fraction of sp³-hybridized carbons (Fsp3) is 0.400. The second-order valence-corrected chi connectivity index (χ2v) is 3.52. The molecule has 106 valence electrons. The number of hydrogen-bond donors (Lipinski definition) is 2. The van der Waals surface area contributed by atoms with Crippen LogP contribution in [0.2, 0.25) is 0 Å². The van der Waals surface area contributed by atoms with Gasteiger partial charge < -0.3 is 9.94 Å². The second-order valence-electron chi connectivity index (χ2n) is 3.52. The maximum atomic E-state index is 12.4. The zero-order valence-electron chi connectivity index (χ0n) is 9.45. The predicted molar refractivity (Wildman–Crippen MR) is 54.3 cm³/mol. The van der Waals surface area contributed by atoms with Gasteiger partial charge in [-0.3, -0.25) is 0 Å². The molecule has 1 aliphatic heterocycles. The third-order valence-corrected chi connectivity index (χ3v) is 2.13. The fourth-order valence-electron chi connectivity index (χ4n) is 1.22. The van der Waals surface area contributed by atoms with Crippen molar-refractivity contribution in [2.75, 3.05) is 6.61 Å². The first-order chi connectivity index (χ1) is 8.80. The summed E-state index contributed by atoms with van der Waals surface area (Å²) in [5, 5.41) is 7.12. The number of nitrogens with zero attached hydrogens (tertiary/aromatic N) is 1. The van der Waals surface area contributed by atoms with Crippen molar-refractivity contribution in [3.63, 3.8) is 0 Å². The number of hydrogen-bond acceptors (Lipinski definition) is 4. The number of nitrogens with one attached hydrogen (secondary N) is 1. The summed E-state index contributed by atoms with van der Waals surface area (Å²) in [5.41, 5.74) is 3.80. The summed E-state index contributed by atoms with van der Waals surface area (Å²) in [6, 6.07) is 3.24. The van der Waals surface area contributed by atoms with E-state index in [1.54, 1.807) is 6.07 Å². The van der Waals surface area contributed by atoms with Crippen molar-refractivity contribution >= 4 is 5.97 Å². The largest absolute Gasteiger partial charge is 0.490 e. The highest BCUT2D eigenvalue weighted by Gasteiger charge is 2.38. The molecule has 2 heterocycles. The highest BCUT2D eigenvalue weighted by atomic mass is 19.4. The highest BCUT2D eigenvalue weighted by Crippen LogP contribution is 2.19. The quantitative estimate of drug-likeness (QED) is 0.607. The van der Waals surface area contributed by atoms with Gasteiger partial charge in [0.2, 0.25) is 5.95 Å². The lowest BCUT2D eigenvalue weighted by Crippen LogP contribution is -2.21.